The zero-order valence-electron chi connectivity index (χ0n) is 6.82. The first-order chi connectivity index (χ1) is 5.70. The number of carbonyl (C=O) groups is 1. The quantitative estimate of drug-likeness (QED) is 0.679. The molecule has 1 aromatic rings. The number of pyridine rings is 1. The van der Waals surface area contributed by atoms with Gasteiger partial charge in [-0.1, -0.05) is 0 Å². The Morgan fingerprint density at radius 3 is 2.67 bits per heavy atom. The third-order valence-electron chi connectivity index (χ3n) is 1.49. The van der Waals surface area contributed by atoms with Gasteiger partial charge in [0.05, 0.1) is 0 Å². The molecule has 0 saturated heterocycles. The first-order valence-corrected chi connectivity index (χ1v) is 3.66. The highest BCUT2D eigenvalue weighted by atomic mass is 16.1. The molecule has 1 amide bonds. The van der Waals surface area contributed by atoms with Gasteiger partial charge in [-0.25, -0.2) is 0 Å². The maximum atomic E-state index is 10.6. The van der Waals surface area contributed by atoms with E-state index >= 15 is 0 Å². The summed E-state index contributed by atoms with van der Waals surface area (Å²) in [6, 6.07) is 3.20. The molecule has 0 bridgehead atoms. The van der Waals surface area contributed by atoms with Crippen molar-refractivity contribution in [3.63, 3.8) is 0 Å². The Hall–Kier alpha value is -1.58. The maximum Gasteiger partial charge on any atom is 0.239 e. The lowest BCUT2D eigenvalue weighted by Gasteiger charge is -2.10. The van der Waals surface area contributed by atoms with E-state index < -0.39 is 0 Å². The van der Waals surface area contributed by atoms with Gasteiger partial charge in [-0.3, -0.25) is 9.78 Å². The van der Waals surface area contributed by atoms with Gasteiger partial charge >= 0.3 is 0 Å². The number of carbonyl (C=O) groups excluding carboxylic acids is 1. The molecule has 0 aliphatic rings. The molecule has 1 atom stereocenters. The second kappa shape index (κ2) is 3.71. The fraction of sp³-hybridized carbons (Fsp3) is 0.250. The second-order valence-electron chi connectivity index (χ2n) is 2.50. The number of nitrogens with one attached hydrogen (secondary N) is 1. The molecular formula is C8H11N3O. The van der Waals surface area contributed by atoms with E-state index in [-0.39, 0.29) is 11.9 Å². The van der Waals surface area contributed by atoms with E-state index in [9.17, 15) is 4.79 Å². The van der Waals surface area contributed by atoms with Crippen LogP contribution in [0.4, 0.5) is 5.69 Å². The van der Waals surface area contributed by atoms with Crippen molar-refractivity contribution < 1.29 is 4.79 Å². The number of nitrogens with zero attached hydrogens (tertiary/aromatic N) is 1. The number of hydrogen-bond donors (Lipinski definition) is 2. The molecule has 0 aliphatic carbocycles. The van der Waals surface area contributed by atoms with Crippen molar-refractivity contribution in [1.82, 2.24) is 4.98 Å². The predicted molar refractivity (Wildman–Crippen MR) is 46.5 cm³/mol. The summed E-state index contributed by atoms with van der Waals surface area (Å²) in [6.07, 6.45) is 3.30. The van der Waals surface area contributed by atoms with Crippen LogP contribution in [0.25, 0.3) is 0 Å². The minimum atomic E-state index is -0.369. The van der Waals surface area contributed by atoms with Crippen LogP contribution < -0.4 is 11.1 Å². The summed E-state index contributed by atoms with van der Waals surface area (Å²) in [4.78, 5) is 14.5. The monoisotopic (exact) mass is 165 g/mol. The number of amides is 1. The molecule has 0 saturated carbocycles. The zero-order chi connectivity index (χ0) is 8.97. The largest absolute Gasteiger partial charge is 0.374 e. The molecule has 1 aromatic heterocycles. The van der Waals surface area contributed by atoms with Gasteiger partial charge in [-0.15, -0.1) is 0 Å². The number of hydrogen-bond acceptors (Lipinski definition) is 3. The smallest absolute Gasteiger partial charge is 0.239 e. The van der Waals surface area contributed by atoms with E-state index in [0.29, 0.717) is 0 Å². The number of nitrogens with two attached hydrogens (primary N) is 1. The summed E-state index contributed by atoms with van der Waals surface area (Å²) in [5, 5.41) is 2.93. The maximum absolute atomic E-state index is 10.6. The predicted octanol–water partition coefficient (Wildman–Crippen LogP) is 0.367. The van der Waals surface area contributed by atoms with Crippen LogP contribution >= 0.6 is 0 Å². The molecule has 0 aliphatic heterocycles. The van der Waals surface area contributed by atoms with Crippen molar-refractivity contribution >= 4 is 11.6 Å². The summed E-state index contributed by atoms with van der Waals surface area (Å²) >= 11 is 0. The minimum absolute atomic E-state index is 0.354. The van der Waals surface area contributed by atoms with Crippen molar-refractivity contribution in [1.29, 1.82) is 0 Å². The van der Waals surface area contributed by atoms with Crippen LogP contribution in [-0.4, -0.2) is 16.9 Å². The third kappa shape index (κ3) is 2.23. The Balaban J connectivity index is 2.58. The lowest BCUT2D eigenvalue weighted by atomic mass is 10.3. The molecule has 1 heterocycles. The Morgan fingerprint density at radius 2 is 2.17 bits per heavy atom. The van der Waals surface area contributed by atoms with Gasteiger partial charge < -0.3 is 11.1 Å². The van der Waals surface area contributed by atoms with Crippen molar-refractivity contribution in [2.45, 2.75) is 13.0 Å². The Kier molecular flexibility index (Phi) is 2.63. The van der Waals surface area contributed by atoms with Crippen LogP contribution in [0.15, 0.2) is 24.5 Å². The number of primary amides is 1. The van der Waals surface area contributed by atoms with Gasteiger partial charge in [0.1, 0.15) is 6.04 Å². The van der Waals surface area contributed by atoms with Crippen LogP contribution in [0.3, 0.4) is 0 Å². The highest BCUT2D eigenvalue weighted by Crippen LogP contribution is 2.04. The van der Waals surface area contributed by atoms with Crippen molar-refractivity contribution in [2.75, 3.05) is 5.32 Å². The highest BCUT2D eigenvalue weighted by Gasteiger charge is 2.06. The fourth-order valence-electron chi connectivity index (χ4n) is 0.769. The van der Waals surface area contributed by atoms with Gasteiger partial charge in [0.2, 0.25) is 5.91 Å². The van der Waals surface area contributed by atoms with Crippen LogP contribution in [0, 0.1) is 0 Å². The zero-order valence-corrected chi connectivity index (χ0v) is 6.82. The molecule has 4 nitrogen and oxygen atoms in total. The first kappa shape index (κ1) is 8.52. The Morgan fingerprint density at radius 1 is 1.58 bits per heavy atom. The average Bonchev–Trinajstić information content (AvgIpc) is 2.06. The molecule has 64 valence electrons. The van der Waals surface area contributed by atoms with Crippen molar-refractivity contribution in [3.05, 3.63) is 24.5 Å². The Labute approximate surface area is 70.8 Å². The number of anilines is 1. The van der Waals surface area contributed by atoms with E-state index in [0.717, 1.165) is 5.69 Å². The molecule has 12 heavy (non-hydrogen) atoms. The molecule has 0 spiro atoms. The molecular weight excluding hydrogens is 154 g/mol. The first-order valence-electron chi connectivity index (χ1n) is 3.66. The molecule has 3 N–H and O–H groups in total. The Bertz CT molecular complexity index is 260. The van der Waals surface area contributed by atoms with Crippen molar-refractivity contribution in [2.24, 2.45) is 5.73 Å². The SMILES string of the molecule is C[C@@H](Nc1ccncc1)C(N)=O. The number of rotatable bonds is 3. The van der Waals surface area contributed by atoms with Gasteiger partial charge in [0.25, 0.3) is 0 Å². The summed E-state index contributed by atoms with van der Waals surface area (Å²) in [5.74, 6) is -0.369. The highest BCUT2D eigenvalue weighted by molar-refractivity contribution is 5.82. The topological polar surface area (TPSA) is 68.0 Å². The lowest BCUT2D eigenvalue weighted by Crippen LogP contribution is -2.32. The molecule has 0 fully saturated rings. The minimum Gasteiger partial charge on any atom is -0.374 e. The third-order valence-corrected chi connectivity index (χ3v) is 1.49. The van der Waals surface area contributed by atoms with E-state index in [1.165, 1.54) is 0 Å². The molecule has 4 heteroatoms. The lowest BCUT2D eigenvalue weighted by molar-refractivity contribution is -0.118. The van der Waals surface area contributed by atoms with Crippen LogP contribution in [0.2, 0.25) is 0 Å². The van der Waals surface area contributed by atoms with Crippen LogP contribution in [0.1, 0.15) is 6.92 Å². The average molecular weight is 165 g/mol. The molecule has 0 radical (unpaired) electrons. The van der Waals surface area contributed by atoms with Gasteiger partial charge in [0.15, 0.2) is 0 Å². The van der Waals surface area contributed by atoms with Gasteiger partial charge in [-0.05, 0) is 19.1 Å². The standard InChI is InChI=1S/C8H11N3O/c1-6(8(9)12)11-7-2-4-10-5-3-7/h2-6H,1H3,(H2,9,12)(H,10,11)/t6-/m1/s1. The van der Waals surface area contributed by atoms with Gasteiger partial charge in [-0.2, -0.15) is 0 Å². The van der Waals surface area contributed by atoms with E-state index in [4.69, 9.17) is 5.73 Å². The summed E-state index contributed by atoms with van der Waals surface area (Å²) in [5.41, 5.74) is 5.91. The fourth-order valence-corrected chi connectivity index (χ4v) is 0.769. The summed E-state index contributed by atoms with van der Waals surface area (Å²) in [7, 11) is 0. The second-order valence-corrected chi connectivity index (χ2v) is 2.50. The summed E-state index contributed by atoms with van der Waals surface area (Å²) < 4.78 is 0. The van der Waals surface area contributed by atoms with E-state index in [1.54, 1.807) is 31.5 Å². The molecule has 1 rings (SSSR count). The van der Waals surface area contributed by atoms with E-state index in [1.807, 2.05) is 0 Å². The van der Waals surface area contributed by atoms with Gasteiger partial charge in [0, 0.05) is 18.1 Å². The van der Waals surface area contributed by atoms with Crippen LogP contribution in [0.5, 0.6) is 0 Å². The van der Waals surface area contributed by atoms with Crippen molar-refractivity contribution in [3.8, 4) is 0 Å². The van der Waals surface area contributed by atoms with E-state index in [2.05, 4.69) is 10.3 Å². The normalized spacial score (nSPS) is 12.1. The molecule has 0 unspecified atom stereocenters. The van der Waals surface area contributed by atoms with Crippen LogP contribution in [-0.2, 0) is 4.79 Å². The summed E-state index contributed by atoms with van der Waals surface area (Å²) in [6.45, 7) is 1.71. The molecule has 0 aromatic carbocycles. The number of aromatic nitrogens is 1.